The summed E-state index contributed by atoms with van der Waals surface area (Å²) < 4.78 is 0. The number of aliphatic carboxylic acids is 1. The SMILES string of the molecule is Cc1ccc(NC(=O)CNC(C(=O)O)C2CC2)c(Cl)c1. The zero-order chi connectivity index (χ0) is 14.7. The first-order valence-electron chi connectivity index (χ1n) is 6.49. The largest absolute Gasteiger partial charge is 0.480 e. The van der Waals surface area contributed by atoms with Gasteiger partial charge in [0.05, 0.1) is 17.3 Å². The van der Waals surface area contributed by atoms with Crippen molar-refractivity contribution in [2.75, 3.05) is 11.9 Å². The molecule has 1 atom stereocenters. The lowest BCUT2D eigenvalue weighted by molar-refractivity contribution is -0.140. The molecule has 20 heavy (non-hydrogen) atoms. The lowest BCUT2D eigenvalue weighted by Gasteiger charge is -2.13. The second-order valence-electron chi connectivity index (χ2n) is 5.07. The number of benzene rings is 1. The Hall–Kier alpha value is -1.59. The van der Waals surface area contributed by atoms with Crippen molar-refractivity contribution in [3.8, 4) is 0 Å². The molecule has 6 heteroatoms. The van der Waals surface area contributed by atoms with Gasteiger partial charge in [-0.15, -0.1) is 0 Å². The first kappa shape index (κ1) is 14.8. The van der Waals surface area contributed by atoms with Crippen molar-refractivity contribution in [1.82, 2.24) is 5.32 Å². The highest BCUT2D eigenvalue weighted by atomic mass is 35.5. The van der Waals surface area contributed by atoms with Crippen molar-refractivity contribution in [2.45, 2.75) is 25.8 Å². The Bertz CT molecular complexity index is 529. The molecule has 0 aromatic heterocycles. The predicted molar refractivity (Wildman–Crippen MR) is 77.0 cm³/mol. The summed E-state index contributed by atoms with van der Waals surface area (Å²) in [7, 11) is 0. The topological polar surface area (TPSA) is 78.4 Å². The molecule has 0 bridgehead atoms. The maximum atomic E-state index is 11.8. The van der Waals surface area contributed by atoms with Crippen molar-refractivity contribution >= 4 is 29.2 Å². The molecule has 1 saturated carbocycles. The van der Waals surface area contributed by atoms with Crippen molar-refractivity contribution in [3.05, 3.63) is 28.8 Å². The summed E-state index contributed by atoms with van der Waals surface area (Å²) in [6.45, 7) is 1.86. The summed E-state index contributed by atoms with van der Waals surface area (Å²) >= 11 is 6.02. The molecule has 108 valence electrons. The molecular formula is C14H17ClN2O3. The summed E-state index contributed by atoms with van der Waals surface area (Å²) in [6.07, 6.45) is 1.80. The summed E-state index contributed by atoms with van der Waals surface area (Å²) in [5, 5.41) is 15.0. The van der Waals surface area contributed by atoms with Gasteiger partial charge in [-0.2, -0.15) is 0 Å². The van der Waals surface area contributed by atoms with E-state index >= 15 is 0 Å². The minimum absolute atomic E-state index is 0.0440. The molecule has 2 rings (SSSR count). The number of aryl methyl sites for hydroxylation is 1. The highest BCUT2D eigenvalue weighted by molar-refractivity contribution is 6.33. The van der Waals surface area contributed by atoms with E-state index < -0.39 is 12.0 Å². The Morgan fingerprint density at radius 3 is 2.70 bits per heavy atom. The molecule has 1 aromatic rings. The standard InChI is InChI=1S/C14H17ClN2O3/c1-8-2-5-11(10(15)6-8)17-12(18)7-16-13(14(19)20)9-3-4-9/h2,5-6,9,13,16H,3-4,7H2,1H3,(H,17,18)(H,19,20). The normalized spacial score (nSPS) is 15.7. The zero-order valence-electron chi connectivity index (χ0n) is 11.1. The summed E-state index contributed by atoms with van der Waals surface area (Å²) in [5.74, 6) is -1.07. The van der Waals surface area contributed by atoms with E-state index in [9.17, 15) is 9.59 Å². The van der Waals surface area contributed by atoms with Gasteiger partial charge >= 0.3 is 5.97 Å². The number of rotatable bonds is 6. The second kappa shape index (κ2) is 6.24. The molecule has 0 saturated heterocycles. The lowest BCUT2D eigenvalue weighted by atomic mass is 10.2. The fourth-order valence-electron chi connectivity index (χ4n) is 2.00. The Morgan fingerprint density at radius 2 is 2.15 bits per heavy atom. The number of carbonyl (C=O) groups excluding carboxylic acids is 1. The molecular weight excluding hydrogens is 280 g/mol. The summed E-state index contributed by atoms with van der Waals surface area (Å²) in [5.41, 5.74) is 1.54. The number of carboxylic acid groups (broad SMARTS) is 1. The Balaban J connectivity index is 1.87. The van der Waals surface area contributed by atoms with Crippen LogP contribution in [0.2, 0.25) is 5.02 Å². The number of hydrogen-bond donors (Lipinski definition) is 3. The van der Waals surface area contributed by atoms with Crippen LogP contribution in [-0.4, -0.2) is 29.6 Å². The number of anilines is 1. The first-order valence-corrected chi connectivity index (χ1v) is 6.87. The van der Waals surface area contributed by atoms with E-state index in [2.05, 4.69) is 10.6 Å². The Labute approximate surface area is 122 Å². The van der Waals surface area contributed by atoms with Gasteiger partial charge in [0.25, 0.3) is 0 Å². The van der Waals surface area contributed by atoms with Crippen molar-refractivity contribution in [1.29, 1.82) is 0 Å². The second-order valence-corrected chi connectivity index (χ2v) is 5.47. The number of halogens is 1. The van der Waals surface area contributed by atoms with Gasteiger partial charge in [0.15, 0.2) is 0 Å². The molecule has 0 heterocycles. The molecule has 0 aliphatic heterocycles. The van der Waals surface area contributed by atoms with Gasteiger partial charge in [0.2, 0.25) is 5.91 Å². The Morgan fingerprint density at radius 1 is 1.45 bits per heavy atom. The van der Waals surface area contributed by atoms with Gasteiger partial charge in [0, 0.05) is 0 Å². The number of carboxylic acids is 1. The lowest BCUT2D eigenvalue weighted by Crippen LogP contribution is -2.42. The fraction of sp³-hybridized carbons (Fsp3) is 0.429. The van der Waals surface area contributed by atoms with Crippen LogP contribution in [-0.2, 0) is 9.59 Å². The van der Waals surface area contributed by atoms with Crippen molar-refractivity contribution in [2.24, 2.45) is 5.92 Å². The summed E-state index contributed by atoms with van der Waals surface area (Å²) in [4.78, 5) is 22.8. The Kier molecular flexibility index (Phi) is 4.62. The monoisotopic (exact) mass is 296 g/mol. The quantitative estimate of drug-likeness (QED) is 0.750. The number of amides is 1. The maximum Gasteiger partial charge on any atom is 0.320 e. The van der Waals surface area contributed by atoms with Crippen LogP contribution in [0.15, 0.2) is 18.2 Å². The van der Waals surface area contributed by atoms with E-state index in [0.717, 1.165) is 18.4 Å². The van der Waals surface area contributed by atoms with Crippen molar-refractivity contribution in [3.63, 3.8) is 0 Å². The zero-order valence-corrected chi connectivity index (χ0v) is 11.9. The van der Waals surface area contributed by atoms with Crippen LogP contribution < -0.4 is 10.6 Å². The van der Waals surface area contributed by atoms with E-state index in [1.165, 1.54) is 0 Å². The minimum Gasteiger partial charge on any atom is -0.480 e. The third-order valence-corrected chi connectivity index (χ3v) is 3.55. The van der Waals surface area contributed by atoms with Gasteiger partial charge in [-0.1, -0.05) is 17.7 Å². The number of nitrogens with one attached hydrogen (secondary N) is 2. The van der Waals surface area contributed by atoms with E-state index in [-0.39, 0.29) is 18.4 Å². The van der Waals surface area contributed by atoms with Crippen LogP contribution in [0.4, 0.5) is 5.69 Å². The molecule has 1 unspecified atom stereocenters. The minimum atomic E-state index is -0.909. The number of hydrogen-bond acceptors (Lipinski definition) is 3. The molecule has 5 nitrogen and oxygen atoms in total. The van der Waals surface area contributed by atoms with E-state index in [4.69, 9.17) is 16.7 Å². The van der Waals surface area contributed by atoms with Crippen molar-refractivity contribution < 1.29 is 14.7 Å². The fourth-order valence-corrected chi connectivity index (χ4v) is 2.29. The van der Waals surface area contributed by atoms with Crippen LogP contribution in [0, 0.1) is 12.8 Å². The molecule has 0 spiro atoms. The molecule has 1 fully saturated rings. The van der Waals surface area contributed by atoms with Gasteiger partial charge in [-0.3, -0.25) is 14.9 Å². The highest BCUT2D eigenvalue weighted by Gasteiger charge is 2.36. The van der Waals surface area contributed by atoms with Crippen LogP contribution >= 0.6 is 11.6 Å². The van der Waals surface area contributed by atoms with E-state index in [0.29, 0.717) is 10.7 Å². The first-order chi connectivity index (χ1) is 9.47. The third kappa shape index (κ3) is 3.95. The van der Waals surface area contributed by atoms with Gasteiger partial charge in [0.1, 0.15) is 6.04 Å². The van der Waals surface area contributed by atoms with Gasteiger partial charge in [-0.25, -0.2) is 0 Å². The molecule has 0 radical (unpaired) electrons. The third-order valence-electron chi connectivity index (χ3n) is 3.24. The number of carbonyl (C=O) groups is 2. The molecule has 1 aromatic carbocycles. The molecule has 1 aliphatic rings. The van der Waals surface area contributed by atoms with Gasteiger partial charge < -0.3 is 10.4 Å². The van der Waals surface area contributed by atoms with Gasteiger partial charge in [-0.05, 0) is 43.4 Å². The highest BCUT2D eigenvalue weighted by Crippen LogP contribution is 2.32. The predicted octanol–water partition coefficient (Wildman–Crippen LogP) is 2.04. The average Bonchev–Trinajstić information content (AvgIpc) is 3.17. The van der Waals surface area contributed by atoms with Crippen LogP contribution in [0.3, 0.4) is 0 Å². The maximum absolute atomic E-state index is 11.8. The molecule has 1 amide bonds. The van der Waals surface area contributed by atoms with Crippen LogP contribution in [0.25, 0.3) is 0 Å². The van der Waals surface area contributed by atoms with Crippen LogP contribution in [0.5, 0.6) is 0 Å². The summed E-state index contributed by atoms with van der Waals surface area (Å²) in [6, 6.07) is 4.69. The van der Waals surface area contributed by atoms with E-state index in [1.807, 2.05) is 13.0 Å². The van der Waals surface area contributed by atoms with Crippen LogP contribution in [0.1, 0.15) is 18.4 Å². The van der Waals surface area contributed by atoms with E-state index in [1.54, 1.807) is 12.1 Å². The smallest absolute Gasteiger partial charge is 0.320 e. The molecule has 1 aliphatic carbocycles. The molecule has 3 N–H and O–H groups in total. The average molecular weight is 297 g/mol.